The molecule has 0 aliphatic heterocycles. The van der Waals surface area contributed by atoms with Gasteiger partial charge in [0.05, 0.1) is 5.69 Å². The van der Waals surface area contributed by atoms with Gasteiger partial charge in [-0.25, -0.2) is 4.39 Å². The van der Waals surface area contributed by atoms with Crippen molar-refractivity contribution in [3.63, 3.8) is 0 Å². The molecule has 0 spiro atoms. The summed E-state index contributed by atoms with van der Waals surface area (Å²) < 4.78 is 13.2. The number of nitrogens with one attached hydrogen (secondary N) is 1. The first-order valence-electron chi connectivity index (χ1n) is 4.11. The lowest BCUT2D eigenvalue weighted by Crippen LogP contribution is -2.07. The Morgan fingerprint density at radius 2 is 2.07 bits per heavy atom. The number of carbonyl (C=O) groups excluding carboxylic acids is 2. The van der Waals surface area contributed by atoms with Crippen LogP contribution in [0.1, 0.15) is 10.5 Å². The van der Waals surface area contributed by atoms with Crippen molar-refractivity contribution in [2.45, 2.75) is 0 Å². The molecule has 0 bridgehead atoms. The van der Waals surface area contributed by atoms with Crippen molar-refractivity contribution in [3.05, 3.63) is 35.8 Å². The van der Waals surface area contributed by atoms with E-state index in [1.165, 1.54) is 18.2 Å². The zero-order valence-electron chi connectivity index (χ0n) is 7.38. The van der Waals surface area contributed by atoms with Crippen LogP contribution in [0, 0.1) is 5.82 Å². The first kappa shape index (κ1) is 9.86. The summed E-state index contributed by atoms with van der Waals surface area (Å²) in [5.41, 5.74) is 0.450. The van der Waals surface area contributed by atoms with E-state index >= 15 is 0 Å². The van der Waals surface area contributed by atoms with Crippen LogP contribution in [0.5, 0.6) is 0 Å². The maximum Gasteiger partial charge on any atom is 0.294 e. The van der Waals surface area contributed by atoms with E-state index in [-0.39, 0.29) is 11.1 Å². The first-order valence-corrected chi connectivity index (χ1v) is 4.49. The van der Waals surface area contributed by atoms with Crippen LogP contribution in [0.3, 0.4) is 0 Å². The van der Waals surface area contributed by atoms with Gasteiger partial charge in [-0.05, 0) is 29.8 Å². The van der Waals surface area contributed by atoms with Crippen molar-refractivity contribution in [1.82, 2.24) is 4.98 Å². The first-order chi connectivity index (χ1) is 7.09. The van der Waals surface area contributed by atoms with Gasteiger partial charge in [-0.1, -0.05) is 6.07 Å². The minimum Gasteiger partial charge on any atom is -0.352 e. The number of hydrogen-bond acceptors (Lipinski definition) is 2. The van der Waals surface area contributed by atoms with Gasteiger partial charge in [0.1, 0.15) is 5.82 Å². The lowest BCUT2D eigenvalue weighted by atomic mass is 10.2. The van der Waals surface area contributed by atoms with Crippen LogP contribution in [0.25, 0.3) is 10.9 Å². The van der Waals surface area contributed by atoms with Crippen molar-refractivity contribution in [2.24, 2.45) is 0 Å². The van der Waals surface area contributed by atoms with E-state index in [9.17, 15) is 14.0 Å². The molecule has 0 saturated carbocycles. The summed E-state index contributed by atoms with van der Waals surface area (Å²) in [6, 6.07) is 5.65. The molecule has 0 unspecified atom stereocenters. The minimum atomic E-state index is -1.10. The summed E-state index contributed by atoms with van der Waals surface area (Å²) in [7, 11) is 0. The molecule has 0 atom stereocenters. The van der Waals surface area contributed by atoms with E-state index in [4.69, 9.17) is 11.6 Å². The van der Waals surface area contributed by atoms with Crippen molar-refractivity contribution >= 4 is 33.5 Å². The van der Waals surface area contributed by atoms with Gasteiger partial charge >= 0.3 is 0 Å². The van der Waals surface area contributed by atoms with Crippen LogP contribution in [0.4, 0.5) is 4.39 Å². The Labute approximate surface area is 88.8 Å². The second-order valence-electron chi connectivity index (χ2n) is 2.99. The van der Waals surface area contributed by atoms with E-state index in [2.05, 4.69) is 4.98 Å². The van der Waals surface area contributed by atoms with Crippen LogP contribution in [-0.4, -0.2) is 16.0 Å². The van der Waals surface area contributed by atoms with Crippen LogP contribution < -0.4 is 0 Å². The maximum atomic E-state index is 13.2. The zero-order valence-corrected chi connectivity index (χ0v) is 8.14. The number of fused-ring (bicyclic) bond motifs is 1. The van der Waals surface area contributed by atoms with E-state index in [1.807, 2.05) is 0 Å². The van der Waals surface area contributed by atoms with Crippen LogP contribution in [0.2, 0.25) is 0 Å². The Bertz CT molecular complexity index is 562. The quantitative estimate of drug-likeness (QED) is 0.484. The number of ketones is 1. The zero-order chi connectivity index (χ0) is 11.0. The molecular formula is C10H5ClFNO2. The topological polar surface area (TPSA) is 49.9 Å². The number of carbonyl (C=O) groups is 2. The van der Waals surface area contributed by atoms with E-state index in [1.54, 1.807) is 6.07 Å². The van der Waals surface area contributed by atoms with Crippen LogP contribution in [-0.2, 0) is 4.79 Å². The Kier molecular flexibility index (Phi) is 2.28. The predicted octanol–water partition coefficient (Wildman–Crippen LogP) is 2.26. The molecule has 0 saturated heterocycles. The highest BCUT2D eigenvalue weighted by Crippen LogP contribution is 2.19. The van der Waals surface area contributed by atoms with Crippen molar-refractivity contribution in [2.75, 3.05) is 0 Å². The molecular weight excluding hydrogens is 221 g/mol. The molecule has 0 aliphatic rings. The molecule has 5 heteroatoms. The molecule has 1 aromatic carbocycles. The number of H-pyrrole nitrogens is 1. The minimum absolute atomic E-state index is 0.00454. The van der Waals surface area contributed by atoms with Crippen molar-refractivity contribution < 1.29 is 14.0 Å². The summed E-state index contributed by atoms with van der Waals surface area (Å²) in [4.78, 5) is 24.4. The molecule has 0 aliphatic carbocycles. The standard InChI is InChI=1S/C10H5ClFNO2/c11-10(15)9(14)8-4-5-6(12)2-1-3-7(5)13-8/h1-4,13H. The normalized spacial score (nSPS) is 10.5. The number of aromatic amines is 1. The van der Waals surface area contributed by atoms with E-state index in [0.29, 0.717) is 5.52 Å². The molecule has 2 aromatic rings. The molecule has 0 fully saturated rings. The molecule has 1 heterocycles. The van der Waals surface area contributed by atoms with Gasteiger partial charge in [-0.3, -0.25) is 9.59 Å². The Morgan fingerprint density at radius 1 is 1.33 bits per heavy atom. The fraction of sp³-hybridized carbons (Fsp3) is 0. The second-order valence-corrected chi connectivity index (χ2v) is 3.33. The van der Waals surface area contributed by atoms with Gasteiger partial charge in [0, 0.05) is 10.9 Å². The number of rotatable bonds is 2. The van der Waals surface area contributed by atoms with Gasteiger partial charge in [0.2, 0.25) is 0 Å². The molecule has 76 valence electrons. The third-order valence-corrected chi connectivity index (χ3v) is 2.21. The summed E-state index contributed by atoms with van der Waals surface area (Å²) >= 11 is 5.03. The molecule has 1 aromatic heterocycles. The highest BCUT2D eigenvalue weighted by atomic mass is 35.5. The molecule has 2 rings (SSSR count). The van der Waals surface area contributed by atoms with Crippen molar-refractivity contribution in [1.29, 1.82) is 0 Å². The molecule has 1 N–H and O–H groups in total. The summed E-state index contributed by atoms with van der Waals surface area (Å²) in [5.74, 6) is -1.32. The highest BCUT2D eigenvalue weighted by molar-refractivity contribution is 6.83. The van der Waals surface area contributed by atoms with Gasteiger partial charge in [-0.2, -0.15) is 0 Å². The van der Waals surface area contributed by atoms with Gasteiger partial charge in [0.25, 0.3) is 11.0 Å². The SMILES string of the molecule is O=C(Cl)C(=O)c1cc2c(F)cccc2[nH]1. The molecule has 0 amide bonds. The third kappa shape index (κ3) is 1.64. The fourth-order valence-corrected chi connectivity index (χ4v) is 1.45. The fourth-order valence-electron chi connectivity index (χ4n) is 1.35. The Morgan fingerprint density at radius 3 is 2.67 bits per heavy atom. The molecule has 15 heavy (non-hydrogen) atoms. The number of halogens is 2. The van der Waals surface area contributed by atoms with Crippen LogP contribution >= 0.6 is 11.6 Å². The Hall–Kier alpha value is -1.68. The smallest absolute Gasteiger partial charge is 0.294 e. The lowest BCUT2D eigenvalue weighted by molar-refractivity contribution is -0.108. The largest absolute Gasteiger partial charge is 0.352 e. The van der Waals surface area contributed by atoms with Crippen molar-refractivity contribution in [3.8, 4) is 0 Å². The number of hydrogen-bond donors (Lipinski definition) is 1. The maximum absolute atomic E-state index is 13.2. The average molecular weight is 226 g/mol. The predicted molar refractivity (Wildman–Crippen MR) is 53.4 cm³/mol. The monoisotopic (exact) mass is 225 g/mol. The third-order valence-electron chi connectivity index (χ3n) is 2.03. The van der Waals surface area contributed by atoms with Gasteiger partial charge in [0.15, 0.2) is 0 Å². The average Bonchev–Trinajstić information content (AvgIpc) is 2.61. The molecule has 0 radical (unpaired) electrons. The number of Topliss-reactive ketones (excluding diaryl/α,β-unsaturated/α-hetero) is 1. The summed E-state index contributed by atoms with van der Waals surface area (Å²) in [6.45, 7) is 0. The van der Waals surface area contributed by atoms with E-state index in [0.717, 1.165) is 0 Å². The molecule has 3 nitrogen and oxygen atoms in total. The van der Waals surface area contributed by atoms with E-state index < -0.39 is 16.8 Å². The van der Waals surface area contributed by atoms with Gasteiger partial charge in [-0.15, -0.1) is 0 Å². The number of aromatic nitrogens is 1. The Balaban J connectivity index is 2.62. The van der Waals surface area contributed by atoms with Gasteiger partial charge < -0.3 is 4.98 Å². The lowest BCUT2D eigenvalue weighted by Gasteiger charge is -1.88. The van der Waals surface area contributed by atoms with Crippen LogP contribution in [0.15, 0.2) is 24.3 Å². The highest BCUT2D eigenvalue weighted by Gasteiger charge is 2.16. The summed E-state index contributed by atoms with van der Waals surface area (Å²) in [6.07, 6.45) is 0. The summed E-state index contributed by atoms with van der Waals surface area (Å²) in [5, 5.41) is -0.833. The second kappa shape index (κ2) is 3.47. The number of benzene rings is 1.